The molecule has 5 heterocycles. The Balaban J connectivity index is 1.32. The fourth-order valence-corrected chi connectivity index (χ4v) is 6.97. The van der Waals surface area contributed by atoms with Crippen LogP contribution >= 0.6 is 15.9 Å². The first-order chi connectivity index (χ1) is 19.8. The molecule has 10 nitrogen and oxygen atoms in total. The smallest absolute Gasteiger partial charge is 0.256 e. The molecule has 222 valence electrons. The van der Waals surface area contributed by atoms with Gasteiger partial charge in [0, 0.05) is 34.8 Å². The van der Waals surface area contributed by atoms with Crippen LogP contribution in [0, 0.1) is 0 Å². The number of benzene rings is 1. The van der Waals surface area contributed by atoms with Gasteiger partial charge in [0.1, 0.15) is 29.7 Å². The second-order valence-electron chi connectivity index (χ2n) is 12.5. The number of hydrogen-bond donors (Lipinski definition) is 2. The Bertz CT molecular complexity index is 1670. The zero-order chi connectivity index (χ0) is 30.0. The summed E-state index contributed by atoms with van der Waals surface area (Å²) in [5.41, 5.74) is 7.79. The highest BCUT2D eigenvalue weighted by Gasteiger charge is 2.54. The highest BCUT2D eigenvalue weighted by atomic mass is 79.9. The minimum Gasteiger partial charge on any atom is -0.408 e. The van der Waals surface area contributed by atoms with Gasteiger partial charge in [-0.1, -0.05) is 26.8 Å². The second-order valence-corrected chi connectivity index (χ2v) is 18.1. The van der Waals surface area contributed by atoms with Crippen molar-refractivity contribution in [1.29, 1.82) is 0 Å². The standard InChI is InChI=1S/C29H35BrFN7O3Si/c1-29(2,3)42(4,5)41-23-22(31)28(38-14-18(30)21-25(32)33-15-34-26(21)38)40-24(23)27(39)35-17-9-7-16-8-10-20(36-19(16)13-17)37-11-6-12-37/h7-10,13-15,22-24,28H,6,11-12H2,1-5H3,(H,35,39)(H2,32,33,34)/t22-,23?,24-,28+/m0/s1. The summed E-state index contributed by atoms with van der Waals surface area (Å²) in [5, 5.41) is 4.23. The normalized spacial score (nSPS) is 23.0. The first-order valence-corrected chi connectivity index (χ1v) is 17.7. The lowest BCUT2D eigenvalue weighted by molar-refractivity contribution is -0.131. The van der Waals surface area contributed by atoms with Gasteiger partial charge in [0.15, 0.2) is 26.8 Å². The van der Waals surface area contributed by atoms with E-state index in [1.807, 2.05) is 43.4 Å². The number of nitrogens with zero attached hydrogens (tertiary/aromatic N) is 5. The van der Waals surface area contributed by atoms with E-state index in [4.69, 9.17) is 19.9 Å². The fourth-order valence-electron chi connectivity index (χ4n) is 5.08. The van der Waals surface area contributed by atoms with Crippen molar-refractivity contribution < 1.29 is 18.3 Å². The minimum atomic E-state index is -2.51. The summed E-state index contributed by atoms with van der Waals surface area (Å²) in [6.07, 6.45) is -1.06. The molecule has 3 N–H and O–H groups in total. The number of rotatable bonds is 6. The van der Waals surface area contributed by atoms with E-state index in [2.05, 4.69) is 56.9 Å². The number of carbonyl (C=O) groups is 1. The lowest BCUT2D eigenvalue weighted by atomic mass is 10.1. The number of fused-ring (bicyclic) bond motifs is 2. The molecule has 4 aromatic rings. The van der Waals surface area contributed by atoms with Crippen molar-refractivity contribution >= 4 is 69.4 Å². The number of halogens is 2. The molecule has 2 fully saturated rings. The first kappa shape index (κ1) is 29.0. The van der Waals surface area contributed by atoms with E-state index in [9.17, 15) is 4.79 Å². The van der Waals surface area contributed by atoms with Crippen molar-refractivity contribution in [2.75, 3.05) is 29.0 Å². The van der Waals surface area contributed by atoms with Gasteiger partial charge in [-0.15, -0.1) is 0 Å². The maximum atomic E-state index is 16.5. The fraction of sp³-hybridized carbons (Fsp3) is 0.448. The van der Waals surface area contributed by atoms with Crippen LogP contribution in [0.2, 0.25) is 18.1 Å². The van der Waals surface area contributed by atoms with Crippen LogP contribution in [0.15, 0.2) is 47.3 Å². The number of nitrogen functional groups attached to an aromatic ring is 1. The number of pyridine rings is 1. The Morgan fingerprint density at radius 1 is 1.21 bits per heavy atom. The zero-order valence-electron chi connectivity index (χ0n) is 24.3. The van der Waals surface area contributed by atoms with Crippen LogP contribution < -0.4 is 16.0 Å². The van der Waals surface area contributed by atoms with Crippen LogP contribution in [0.3, 0.4) is 0 Å². The van der Waals surface area contributed by atoms with E-state index in [0.29, 0.717) is 21.2 Å². The van der Waals surface area contributed by atoms with Crippen LogP contribution in [0.1, 0.15) is 33.4 Å². The number of hydrogen-bond acceptors (Lipinski definition) is 8. The Labute approximate surface area is 253 Å². The largest absolute Gasteiger partial charge is 0.408 e. The number of amides is 1. The second kappa shape index (κ2) is 10.5. The summed E-state index contributed by atoms with van der Waals surface area (Å²) >= 11 is 3.48. The van der Waals surface area contributed by atoms with E-state index < -0.39 is 38.8 Å². The lowest BCUT2D eigenvalue weighted by Gasteiger charge is -2.39. The van der Waals surface area contributed by atoms with Crippen molar-refractivity contribution in [2.24, 2.45) is 0 Å². The van der Waals surface area contributed by atoms with E-state index >= 15 is 4.39 Å². The number of carbonyl (C=O) groups excluding carboxylic acids is 1. The van der Waals surface area contributed by atoms with E-state index in [1.165, 1.54) is 6.33 Å². The highest BCUT2D eigenvalue weighted by Crippen LogP contribution is 2.44. The van der Waals surface area contributed by atoms with Crippen LogP contribution in [0.4, 0.5) is 21.7 Å². The number of ether oxygens (including phenoxy) is 1. The monoisotopic (exact) mass is 655 g/mol. The van der Waals surface area contributed by atoms with Gasteiger partial charge >= 0.3 is 0 Å². The van der Waals surface area contributed by atoms with Crippen LogP contribution in [0.5, 0.6) is 0 Å². The van der Waals surface area contributed by atoms with E-state index in [-0.39, 0.29) is 10.9 Å². The Morgan fingerprint density at radius 2 is 1.95 bits per heavy atom. The van der Waals surface area contributed by atoms with Crippen LogP contribution in [-0.4, -0.2) is 65.2 Å². The molecule has 2 saturated heterocycles. The first-order valence-electron chi connectivity index (χ1n) is 14.0. The molecule has 1 aromatic carbocycles. The van der Waals surface area contributed by atoms with Gasteiger partial charge in [-0.25, -0.2) is 19.3 Å². The third-order valence-electron chi connectivity index (χ3n) is 8.66. The molecule has 2 aliphatic rings. The van der Waals surface area contributed by atoms with Gasteiger partial charge in [-0.2, -0.15) is 0 Å². The minimum absolute atomic E-state index is 0.213. The Kier molecular flexibility index (Phi) is 7.27. The van der Waals surface area contributed by atoms with Crippen LogP contribution in [0.25, 0.3) is 21.9 Å². The molecule has 3 aromatic heterocycles. The van der Waals surface area contributed by atoms with Gasteiger partial charge in [0.05, 0.1) is 10.9 Å². The van der Waals surface area contributed by atoms with Crippen molar-refractivity contribution in [3.05, 3.63) is 47.3 Å². The van der Waals surface area contributed by atoms with Gasteiger partial charge in [0.25, 0.3) is 5.91 Å². The highest BCUT2D eigenvalue weighted by molar-refractivity contribution is 9.10. The molecular weight excluding hydrogens is 621 g/mol. The number of alkyl halides is 1. The molecule has 1 amide bonds. The summed E-state index contributed by atoms with van der Waals surface area (Å²) in [4.78, 5) is 29.2. The quantitative estimate of drug-likeness (QED) is 0.250. The Morgan fingerprint density at radius 3 is 2.64 bits per heavy atom. The van der Waals surface area contributed by atoms with Gasteiger partial charge in [-0.05, 0) is 64.7 Å². The van der Waals surface area contributed by atoms with Crippen molar-refractivity contribution in [3.8, 4) is 0 Å². The molecule has 42 heavy (non-hydrogen) atoms. The van der Waals surface area contributed by atoms with Gasteiger partial charge in [-0.3, -0.25) is 4.79 Å². The molecule has 0 saturated carbocycles. The predicted molar refractivity (Wildman–Crippen MR) is 168 cm³/mol. The molecule has 0 bridgehead atoms. The topological polar surface area (TPSA) is 120 Å². The molecule has 1 unspecified atom stereocenters. The molecule has 0 aliphatic carbocycles. The molecule has 13 heteroatoms. The number of nitrogens with two attached hydrogens (primary N) is 1. The van der Waals surface area contributed by atoms with E-state index in [0.717, 1.165) is 36.2 Å². The molecule has 0 radical (unpaired) electrons. The third kappa shape index (κ3) is 5.05. The summed E-state index contributed by atoms with van der Waals surface area (Å²) < 4.78 is 31.4. The Hall–Kier alpha value is -3.13. The summed E-state index contributed by atoms with van der Waals surface area (Å²) in [7, 11) is -2.51. The van der Waals surface area contributed by atoms with Crippen molar-refractivity contribution in [1.82, 2.24) is 19.5 Å². The zero-order valence-corrected chi connectivity index (χ0v) is 26.9. The third-order valence-corrected chi connectivity index (χ3v) is 13.7. The van der Waals surface area contributed by atoms with Gasteiger partial charge in [0.2, 0.25) is 0 Å². The molecule has 0 spiro atoms. The molecule has 2 aliphatic heterocycles. The number of anilines is 3. The molecular formula is C29H35BrFN7O3Si. The van der Waals surface area contributed by atoms with Crippen molar-refractivity contribution in [2.45, 2.75) is 69.9 Å². The van der Waals surface area contributed by atoms with Crippen LogP contribution in [-0.2, 0) is 14.0 Å². The summed E-state index contributed by atoms with van der Waals surface area (Å²) in [6, 6.07) is 9.59. The maximum Gasteiger partial charge on any atom is 0.256 e. The average molecular weight is 657 g/mol. The predicted octanol–water partition coefficient (Wildman–Crippen LogP) is 5.80. The lowest BCUT2D eigenvalue weighted by Crippen LogP contribution is -2.50. The van der Waals surface area contributed by atoms with Crippen molar-refractivity contribution in [3.63, 3.8) is 0 Å². The molecule has 4 atom stereocenters. The summed E-state index contributed by atoms with van der Waals surface area (Å²) in [5.74, 6) is 0.674. The number of nitrogens with one attached hydrogen (secondary N) is 1. The summed E-state index contributed by atoms with van der Waals surface area (Å²) in [6.45, 7) is 12.2. The van der Waals surface area contributed by atoms with E-state index in [1.54, 1.807) is 10.8 Å². The average Bonchev–Trinajstić information content (AvgIpc) is 3.39. The molecule has 6 rings (SSSR count). The SMILES string of the molecule is CC(C)(C)[Si](C)(C)OC1[C@@H](C(=O)Nc2ccc3ccc(N4CCC4)nc3c2)O[C@@H](n2cc(Br)c3c(N)ncnc32)[C@H]1F. The van der Waals surface area contributed by atoms with Gasteiger partial charge < -0.3 is 29.7 Å². The maximum absolute atomic E-state index is 16.5. The number of aromatic nitrogens is 4.